The van der Waals surface area contributed by atoms with Crippen LogP contribution >= 0.6 is 0 Å². The zero-order valence-electron chi connectivity index (χ0n) is 12.1. The first kappa shape index (κ1) is 14.8. The maximum atomic E-state index is 12.3. The molecule has 0 aromatic carbocycles. The number of nitrogens with zero attached hydrogens (tertiary/aromatic N) is 1. The summed E-state index contributed by atoms with van der Waals surface area (Å²) in [7, 11) is 0. The zero-order chi connectivity index (χ0) is 13.7. The van der Waals surface area contributed by atoms with Gasteiger partial charge in [0.25, 0.3) is 0 Å². The molecule has 0 aromatic rings. The first-order chi connectivity index (χ1) is 9.20. The molecular formula is C15H28N2O2. The van der Waals surface area contributed by atoms with Crippen LogP contribution in [-0.2, 0) is 9.53 Å². The molecule has 2 N–H and O–H groups in total. The molecule has 1 amide bonds. The molecule has 0 bridgehead atoms. The molecule has 2 rings (SSSR count). The van der Waals surface area contributed by atoms with Crippen LogP contribution in [0.15, 0.2) is 0 Å². The highest BCUT2D eigenvalue weighted by molar-refractivity contribution is 5.76. The number of likely N-dealkylation sites (tertiary alicyclic amines) is 1. The fraction of sp³-hybridized carbons (Fsp3) is 0.933. The standard InChI is InChI=1S/C15H28N2O2/c1-2-19-11-12-5-4-8-17(10-12)15(18)9-13-6-3-7-14(13)16/h12-14H,2-11,16H2,1H3/t12?,13-,14+/m0/s1. The van der Waals surface area contributed by atoms with Crippen LogP contribution in [0.2, 0.25) is 0 Å². The van der Waals surface area contributed by atoms with Crippen molar-refractivity contribution in [3.05, 3.63) is 0 Å². The van der Waals surface area contributed by atoms with Gasteiger partial charge in [-0.15, -0.1) is 0 Å². The summed E-state index contributed by atoms with van der Waals surface area (Å²) in [6, 6.07) is 0.243. The van der Waals surface area contributed by atoms with E-state index in [1.54, 1.807) is 0 Å². The van der Waals surface area contributed by atoms with Crippen LogP contribution in [0.5, 0.6) is 0 Å². The molecule has 2 aliphatic rings. The molecule has 19 heavy (non-hydrogen) atoms. The number of hydrogen-bond donors (Lipinski definition) is 1. The molecule has 1 heterocycles. The lowest BCUT2D eigenvalue weighted by Gasteiger charge is -2.33. The van der Waals surface area contributed by atoms with E-state index in [2.05, 4.69) is 0 Å². The van der Waals surface area contributed by atoms with Gasteiger partial charge < -0.3 is 15.4 Å². The minimum atomic E-state index is 0.243. The number of hydrogen-bond acceptors (Lipinski definition) is 3. The largest absolute Gasteiger partial charge is 0.381 e. The van der Waals surface area contributed by atoms with E-state index in [9.17, 15) is 4.79 Å². The molecule has 0 aromatic heterocycles. The highest BCUT2D eigenvalue weighted by Gasteiger charge is 2.30. The summed E-state index contributed by atoms with van der Waals surface area (Å²) < 4.78 is 5.49. The third-order valence-electron chi connectivity index (χ3n) is 4.58. The Morgan fingerprint density at radius 1 is 1.32 bits per heavy atom. The monoisotopic (exact) mass is 268 g/mol. The Bertz CT molecular complexity index is 296. The zero-order valence-corrected chi connectivity index (χ0v) is 12.1. The molecule has 2 fully saturated rings. The molecule has 4 nitrogen and oxygen atoms in total. The molecule has 3 atom stereocenters. The van der Waals surface area contributed by atoms with Gasteiger partial charge in [0, 0.05) is 32.2 Å². The highest BCUT2D eigenvalue weighted by atomic mass is 16.5. The number of carbonyl (C=O) groups is 1. The van der Waals surface area contributed by atoms with E-state index in [-0.39, 0.29) is 6.04 Å². The summed E-state index contributed by atoms with van der Waals surface area (Å²) >= 11 is 0. The quantitative estimate of drug-likeness (QED) is 0.827. The van der Waals surface area contributed by atoms with E-state index in [0.29, 0.717) is 24.2 Å². The maximum Gasteiger partial charge on any atom is 0.222 e. The smallest absolute Gasteiger partial charge is 0.222 e. The molecular weight excluding hydrogens is 240 g/mol. The first-order valence-corrected chi connectivity index (χ1v) is 7.81. The minimum Gasteiger partial charge on any atom is -0.381 e. The Labute approximate surface area is 116 Å². The second-order valence-electron chi connectivity index (χ2n) is 6.07. The number of carbonyl (C=O) groups excluding carboxylic acids is 1. The lowest BCUT2D eigenvalue weighted by Crippen LogP contribution is -2.42. The molecule has 1 aliphatic carbocycles. The fourth-order valence-electron chi connectivity index (χ4n) is 3.38. The molecule has 1 saturated heterocycles. The van der Waals surface area contributed by atoms with Crippen molar-refractivity contribution in [2.24, 2.45) is 17.6 Å². The number of piperidine rings is 1. The van der Waals surface area contributed by atoms with Gasteiger partial charge in [-0.25, -0.2) is 0 Å². The lowest BCUT2D eigenvalue weighted by atomic mass is 9.96. The normalized spacial score (nSPS) is 31.7. The van der Waals surface area contributed by atoms with E-state index in [1.807, 2.05) is 11.8 Å². The van der Waals surface area contributed by atoms with Crippen LogP contribution in [-0.4, -0.2) is 43.2 Å². The van der Waals surface area contributed by atoms with Crippen molar-refractivity contribution in [2.45, 2.75) is 51.5 Å². The van der Waals surface area contributed by atoms with Crippen LogP contribution in [0.1, 0.15) is 45.4 Å². The van der Waals surface area contributed by atoms with Crippen molar-refractivity contribution in [3.8, 4) is 0 Å². The molecule has 1 unspecified atom stereocenters. The van der Waals surface area contributed by atoms with Crippen LogP contribution in [0, 0.1) is 11.8 Å². The molecule has 110 valence electrons. The fourth-order valence-corrected chi connectivity index (χ4v) is 3.38. The summed E-state index contributed by atoms with van der Waals surface area (Å²) in [6.07, 6.45) is 6.36. The molecule has 0 spiro atoms. The topological polar surface area (TPSA) is 55.6 Å². The number of ether oxygens (including phenoxy) is 1. The van der Waals surface area contributed by atoms with Crippen molar-refractivity contribution in [1.82, 2.24) is 4.90 Å². The van der Waals surface area contributed by atoms with Crippen LogP contribution in [0.3, 0.4) is 0 Å². The van der Waals surface area contributed by atoms with Crippen molar-refractivity contribution >= 4 is 5.91 Å². The van der Waals surface area contributed by atoms with Crippen molar-refractivity contribution in [3.63, 3.8) is 0 Å². The van der Waals surface area contributed by atoms with E-state index in [4.69, 9.17) is 10.5 Å². The predicted molar refractivity (Wildman–Crippen MR) is 75.7 cm³/mol. The van der Waals surface area contributed by atoms with E-state index in [0.717, 1.165) is 45.6 Å². The van der Waals surface area contributed by atoms with Gasteiger partial charge in [0.05, 0.1) is 6.61 Å². The van der Waals surface area contributed by atoms with Crippen LogP contribution in [0.25, 0.3) is 0 Å². The Morgan fingerprint density at radius 3 is 2.84 bits per heavy atom. The average Bonchev–Trinajstić information content (AvgIpc) is 2.82. The Hall–Kier alpha value is -0.610. The highest BCUT2D eigenvalue weighted by Crippen LogP contribution is 2.28. The first-order valence-electron chi connectivity index (χ1n) is 7.81. The third kappa shape index (κ3) is 4.18. The van der Waals surface area contributed by atoms with Gasteiger partial charge in [-0.05, 0) is 44.4 Å². The Kier molecular flexibility index (Phi) is 5.64. The third-order valence-corrected chi connectivity index (χ3v) is 4.58. The Balaban J connectivity index is 1.78. The van der Waals surface area contributed by atoms with E-state index in [1.165, 1.54) is 12.8 Å². The van der Waals surface area contributed by atoms with Gasteiger partial charge in [0.15, 0.2) is 0 Å². The SMILES string of the molecule is CCOCC1CCCN(C(=O)C[C@@H]2CCC[C@H]2N)C1. The number of nitrogens with two attached hydrogens (primary N) is 1. The molecule has 0 radical (unpaired) electrons. The summed E-state index contributed by atoms with van der Waals surface area (Å²) in [5.41, 5.74) is 6.06. The molecule has 1 saturated carbocycles. The maximum absolute atomic E-state index is 12.3. The van der Waals surface area contributed by atoms with E-state index < -0.39 is 0 Å². The average molecular weight is 268 g/mol. The van der Waals surface area contributed by atoms with Crippen molar-refractivity contribution in [1.29, 1.82) is 0 Å². The summed E-state index contributed by atoms with van der Waals surface area (Å²) in [6.45, 7) is 5.38. The second kappa shape index (κ2) is 7.25. The molecule has 4 heteroatoms. The van der Waals surface area contributed by atoms with Gasteiger partial charge >= 0.3 is 0 Å². The Morgan fingerprint density at radius 2 is 2.16 bits per heavy atom. The van der Waals surface area contributed by atoms with Gasteiger partial charge in [-0.1, -0.05) is 6.42 Å². The predicted octanol–water partition coefficient (Wildman–Crippen LogP) is 1.78. The minimum absolute atomic E-state index is 0.243. The van der Waals surface area contributed by atoms with Crippen molar-refractivity contribution < 1.29 is 9.53 Å². The van der Waals surface area contributed by atoms with Crippen molar-refractivity contribution in [2.75, 3.05) is 26.3 Å². The summed E-state index contributed by atoms with van der Waals surface area (Å²) in [4.78, 5) is 14.4. The van der Waals surface area contributed by atoms with Gasteiger partial charge in [0.1, 0.15) is 0 Å². The van der Waals surface area contributed by atoms with Gasteiger partial charge in [-0.2, -0.15) is 0 Å². The van der Waals surface area contributed by atoms with Gasteiger partial charge in [-0.3, -0.25) is 4.79 Å². The molecule has 1 aliphatic heterocycles. The second-order valence-corrected chi connectivity index (χ2v) is 6.07. The lowest BCUT2D eigenvalue weighted by molar-refractivity contribution is -0.134. The number of amides is 1. The van der Waals surface area contributed by atoms with Crippen LogP contribution < -0.4 is 5.73 Å². The summed E-state index contributed by atoms with van der Waals surface area (Å²) in [5, 5.41) is 0. The van der Waals surface area contributed by atoms with Crippen LogP contribution in [0.4, 0.5) is 0 Å². The van der Waals surface area contributed by atoms with E-state index >= 15 is 0 Å². The summed E-state index contributed by atoms with van der Waals surface area (Å²) in [5.74, 6) is 1.25. The number of rotatable bonds is 5. The van der Waals surface area contributed by atoms with Gasteiger partial charge in [0.2, 0.25) is 5.91 Å².